The summed E-state index contributed by atoms with van der Waals surface area (Å²) in [6, 6.07) is 8.00. The van der Waals surface area contributed by atoms with E-state index >= 15 is 0 Å². The average molecular weight is 200 g/mol. The average Bonchev–Trinajstić information content (AvgIpc) is 2.32. The van der Waals surface area contributed by atoms with E-state index in [0.717, 1.165) is 6.42 Å². The largest absolute Gasteiger partial charge is 0.265 e. The topological polar surface area (TPSA) is 25.8 Å². The first-order valence-corrected chi connectivity index (χ1v) is 5.08. The third kappa shape index (κ3) is 4.91. The van der Waals surface area contributed by atoms with E-state index in [9.17, 15) is 0 Å². The van der Waals surface area contributed by atoms with Crippen LogP contribution in [0.15, 0.2) is 49.1 Å². The first kappa shape index (κ1) is 11.4. The van der Waals surface area contributed by atoms with Crippen LogP contribution in [0.1, 0.15) is 18.1 Å². The third-order valence-corrected chi connectivity index (χ3v) is 1.97. The van der Waals surface area contributed by atoms with Crippen LogP contribution in [-0.4, -0.2) is 9.97 Å². The fourth-order valence-electron chi connectivity index (χ4n) is 1.07. The second kappa shape index (κ2) is 6.71. The van der Waals surface area contributed by atoms with Crippen molar-refractivity contribution in [3.05, 3.63) is 60.2 Å². The van der Waals surface area contributed by atoms with Gasteiger partial charge < -0.3 is 0 Å². The second-order valence-electron chi connectivity index (χ2n) is 3.24. The molecular weight excluding hydrogens is 184 g/mol. The van der Waals surface area contributed by atoms with Crippen LogP contribution in [-0.2, 0) is 6.42 Å². The van der Waals surface area contributed by atoms with E-state index < -0.39 is 0 Å². The Bertz CT molecular complexity index is 357. The molecule has 0 aliphatic heterocycles. The van der Waals surface area contributed by atoms with Crippen molar-refractivity contribution >= 4 is 0 Å². The van der Waals surface area contributed by atoms with Gasteiger partial charge in [0.2, 0.25) is 0 Å². The van der Waals surface area contributed by atoms with Gasteiger partial charge in [-0.05, 0) is 42.7 Å². The molecule has 0 saturated carbocycles. The van der Waals surface area contributed by atoms with Crippen LogP contribution in [0.2, 0.25) is 0 Å². The van der Waals surface area contributed by atoms with Gasteiger partial charge in [-0.15, -0.1) is 0 Å². The fourth-order valence-corrected chi connectivity index (χ4v) is 1.07. The third-order valence-electron chi connectivity index (χ3n) is 1.97. The highest BCUT2D eigenvalue weighted by Crippen LogP contribution is 1.94. The van der Waals surface area contributed by atoms with Gasteiger partial charge in [-0.25, -0.2) is 0 Å². The molecule has 0 N–H and O–H groups in total. The van der Waals surface area contributed by atoms with Crippen molar-refractivity contribution in [2.24, 2.45) is 0 Å². The lowest BCUT2D eigenvalue weighted by atomic mass is 10.2. The van der Waals surface area contributed by atoms with Gasteiger partial charge in [0.25, 0.3) is 0 Å². The van der Waals surface area contributed by atoms with E-state index in [0.29, 0.717) is 0 Å². The number of pyridine rings is 2. The standard InChI is InChI=1S/C7H9N.C6H7N/c1-2-7-3-5-8-6-4-7;1-6-3-2-4-7-5-6/h3-6H,2H2,1H3;2-5H,1H3. The zero-order valence-corrected chi connectivity index (χ0v) is 9.22. The van der Waals surface area contributed by atoms with Crippen LogP contribution < -0.4 is 0 Å². The van der Waals surface area contributed by atoms with Crippen LogP contribution in [0.25, 0.3) is 0 Å². The Morgan fingerprint density at radius 3 is 2.07 bits per heavy atom. The van der Waals surface area contributed by atoms with Crippen molar-refractivity contribution in [3.63, 3.8) is 0 Å². The molecular formula is C13H16N2. The molecule has 0 unspecified atom stereocenters. The van der Waals surface area contributed by atoms with E-state index in [-0.39, 0.29) is 0 Å². The molecule has 0 radical (unpaired) electrons. The summed E-state index contributed by atoms with van der Waals surface area (Å²) >= 11 is 0. The number of nitrogens with zero attached hydrogens (tertiary/aromatic N) is 2. The maximum Gasteiger partial charge on any atom is 0.0297 e. The Kier molecular flexibility index (Phi) is 5.09. The molecule has 0 atom stereocenters. The molecule has 78 valence electrons. The maximum absolute atomic E-state index is 3.89. The zero-order chi connectivity index (χ0) is 10.9. The summed E-state index contributed by atoms with van der Waals surface area (Å²) < 4.78 is 0. The molecule has 15 heavy (non-hydrogen) atoms. The van der Waals surface area contributed by atoms with E-state index in [2.05, 4.69) is 16.9 Å². The van der Waals surface area contributed by atoms with Gasteiger partial charge >= 0.3 is 0 Å². The zero-order valence-electron chi connectivity index (χ0n) is 9.22. The maximum atomic E-state index is 3.89. The number of aryl methyl sites for hydroxylation is 2. The van der Waals surface area contributed by atoms with Crippen LogP contribution in [0.4, 0.5) is 0 Å². The summed E-state index contributed by atoms with van der Waals surface area (Å²) in [5.41, 5.74) is 2.56. The van der Waals surface area contributed by atoms with Crippen LogP contribution in [0.5, 0.6) is 0 Å². The molecule has 0 aliphatic carbocycles. The van der Waals surface area contributed by atoms with Crippen LogP contribution in [0.3, 0.4) is 0 Å². The van der Waals surface area contributed by atoms with E-state index in [1.165, 1.54) is 11.1 Å². The Morgan fingerprint density at radius 2 is 1.73 bits per heavy atom. The first-order valence-electron chi connectivity index (χ1n) is 5.08. The molecule has 0 aliphatic rings. The van der Waals surface area contributed by atoms with Crippen LogP contribution >= 0.6 is 0 Å². The highest BCUT2D eigenvalue weighted by molar-refractivity contribution is 5.08. The number of rotatable bonds is 1. The molecule has 0 aromatic carbocycles. The lowest BCUT2D eigenvalue weighted by Gasteiger charge is -1.89. The van der Waals surface area contributed by atoms with Gasteiger partial charge in [0.1, 0.15) is 0 Å². The predicted octanol–water partition coefficient (Wildman–Crippen LogP) is 3.03. The van der Waals surface area contributed by atoms with Crippen molar-refractivity contribution in [1.29, 1.82) is 0 Å². The summed E-state index contributed by atoms with van der Waals surface area (Å²) in [4.78, 5) is 7.78. The SMILES string of the molecule is CCc1ccncc1.Cc1cccnc1. The highest BCUT2D eigenvalue weighted by atomic mass is 14.6. The van der Waals surface area contributed by atoms with Gasteiger partial charge in [0, 0.05) is 24.8 Å². The predicted molar refractivity (Wildman–Crippen MR) is 62.6 cm³/mol. The Morgan fingerprint density at radius 1 is 1.00 bits per heavy atom. The second-order valence-corrected chi connectivity index (χ2v) is 3.24. The summed E-state index contributed by atoms with van der Waals surface area (Å²) in [6.45, 7) is 4.16. The molecule has 2 nitrogen and oxygen atoms in total. The molecule has 0 fully saturated rings. The summed E-state index contributed by atoms with van der Waals surface area (Å²) in [6.07, 6.45) is 8.34. The molecule has 0 bridgehead atoms. The molecule has 2 heterocycles. The van der Waals surface area contributed by atoms with Gasteiger partial charge in [-0.3, -0.25) is 9.97 Å². The van der Waals surface area contributed by atoms with Crippen molar-refractivity contribution < 1.29 is 0 Å². The minimum Gasteiger partial charge on any atom is -0.265 e. The molecule has 0 amide bonds. The lowest BCUT2D eigenvalue weighted by Crippen LogP contribution is -1.76. The molecule has 2 aromatic rings. The molecule has 2 heteroatoms. The van der Waals surface area contributed by atoms with Crippen molar-refractivity contribution in [2.75, 3.05) is 0 Å². The summed E-state index contributed by atoms with van der Waals surface area (Å²) in [7, 11) is 0. The van der Waals surface area contributed by atoms with Crippen molar-refractivity contribution in [1.82, 2.24) is 9.97 Å². The highest BCUT2D eigenvalue weighted by Gasteiger charge is 1.80. The molecule has 2 rings (SSSR count). The lowest BCUT2D eigenvalue weighted by molar-refractivity contribution is 1.12. The van der Waals surface area contributed by atoms with Gasteiger partial charge in [-0.1, -0.05) is 13.0 Å². The first-order chi connectivity index (χ1) is 7.33. The number of hydrogen-bond donors (Lipinski definition) is 0. The van der Waals surface area contributed by atoms with Gasteiger partial charge in [-0.2, -0.15) is 0 Å². The Hall–Kier alpha value is -1.70. The van der Waals surface area contributed by atoms with E-state index in [4.69, 9.17) is 0 Å². The van der Waals surface area contributed by atoms with Gasteiger partial charge in [0.05, 0.1) is 0 Å². The monoisotopic (exact) mass is 200 g/mol. The Labute approximate surface area is 91.0 Å². The summed E-state index contributed by atoms with van der Waals surface area (Å²) in [5.74, 6) is 0. The smallest absolute Gasteiger partial charge is 0.0297 e. The Balaban J connectivity index is 0.000000151. The number of aromatic nitrogens is 2. The minimum atomic E-state index is 1.10. The van der Waals surface area contributed by atoms with E-state index in [1.54, 1.807) is 6.20 Å². The quantitative estimate of drug-likeness (QED) is 0.707. The number of hydrogen-bond acceptors (Lipinski definition) is 2. The molecule has 2 aromatic heterocycles. The van der Waals surface area contributed by atoms with Crippen molar-refractivity contribution in [3.8, 4) is 0 Å². The summed E-state index contributed by atoms with van der Waals surface area (Å²) in [5, 5.41) is 0. The molecule has 0 spiro atoms. The van der Waals surface area contributed by atoms with E-state index in [1.807, 2.05) is 49.8 Å². The fraction of sp³-hybridized carbons (Fsp3) is 0.231. The molecule has 0 saturated heterocycles. The van der Waals surface area contributed by atoms with Gasteiger partial charge in [0.15, 0.2) is 0 Å². The van der Waals surface area contributed by atoms with Crippen molar-refractivity contribution in [2.45, 2.75) is 20.3 Å². The van der Waals surface area contributed by atoms with Crippen LogP contribution in [0, 0.1) is 6.92 Å². The minimum absolute atomic E-state index is 1.10. The normalized spacial score (nSPS) is 8.93.